The van der Waals surface area contributed by atoms with Gasteiger partial charge in [-0.05, 0) is 63.9 Å². The normalized spacial score (nSPS) is 12.4. The highest BCUT2D eigenvalue weighted by atomic mass is 127. The zero-order valence-electron chi connectivity index (χ0n) is 19.3. The molecule has 0 spiro atoms. The largest absolute Gasteiger partial charge is 0.444 e. The molecule has 0 saturated heterocycles. The summed E-state index contributed by atoms with van der Waals surface area (Å²) in [5.41, 5.74) is 5.10. The van der Waals surface area contributed by atoms with E-state index in [1.807, 2.05) is 25.6 Å². The minimum atomic E-state index is -0.281. The van der Waals surface area contributed by atoms with Crippen LogP contribution >= 0.6 is 24.0 Å². The Bertz CT molecular complexity index is 1030. The number of aryl methyl sites for hydroxylation is 2. The first-order valence-corrected chi connectivity index (χ1v) is 10.6. The zero-order chi connectivity index (χ0) is 22.4. The molecule has 0 bridgehead atoms. The van der Waals surface area contributed by atoms with Gasteiger partial charge in [0.05, 0.1) is 11.4 Å². The van der Waals surface area contributed by atoms with Crippen LogP contribution in [0.15, 0.2) is 39.9 Å². The van der Waals surface area contributed by atoms with Crippen molar-refractivity contribution in [3.8, 4) is 11.5 Å². The summed E-state index contributed by atoms with van der Waals surface area (Å²) in [6.07, 6.45) is 3.15. The number of aromatic nitrogens is 3. The third-order valence-corrected chi connectivity index (χ3v) is 5.18. The van der Waals surface area contributed by atoms with Crippen LogP contribution in [-0.4, -0.2) is 39.9 Å². The Morgan fingerprint density at radius 2 is 1.97 bits per heavy atom. The number of nitrogens with zero attached hydrogens (tertiary/aromatic N) is 4. The van der Waals surface area contributed by atoms with E-state index in [1.54, 1.807) is 18.4 Å². The van der Waals surface area contributed by atoms with Crippen LogP contribution < -0.4 is 10.6 Å². The third kappa shape index (κ3) is 6.78. The zero-order valence-corrected chi connectivity index (χ0v) is 21.6. The Morgan fingerprint density at radius 3 is 2.59 bits per heavy atom. The fourth-order valence-electron chi connectivity index (χ4n) is 3.45. The van der Waals surface area contributed by atoms with Gasteiger partial charge >= 0.3 is 0 Å². The summed E-state index contributed by atoms with van der Waals surface area (Å²) in [5.74, 6) is 0.979. The molecule has 174 valence electrons. The lowest BCUT2D eigenvalue weighted by molar-refractivity contribution is 0.572. The van der Waals surface area contributed by atoms with E-state index in [2.05, 4.69) is 39.6 Å². The molecule has 0 aliphatic rings. The van der Waals surface area contributed by atoms with Gasteiger partial charge in [0.25, 0.3) is 0 Å². The van der Waals surface area contributed by atoms with Gasteiger partial charge < -0.3 is 15.1 Å². The van der Waals surface area contributed by atoms with Crippen molar-refractivity contribution >= 4 is 29.9 Å². The van der Waals surface area contributed by atoms with Crippen LogP contribution in [0.25, 0.3) is 11.5 Å². The standard InChI is InChI=1S/C23H31FN6O.HI/c1-6-25-23(27-15(2)13-21-16(3)29-30(5)17(21)4)26-12-11-20-14-31-22(28-20)18-7-9-19(24)10-8-18;/h7-10,14-15H,6,11-13H2,1-5H3,(H2,25,26,27);1H. The van der Waals surface area contributed by atoms with Crippen LogP contribution in [-0.2, 0) is 19.9 Å². The maximum Gasteiger partial charge on any atom is 0.226 e. The van der Waals surface area contributed by atoms with Crippen molar-refractivity contribution in [2.75, 3.05) is 13.1 Å². The highest BCUT2D eigenvalue weighted by Gasteiger charge is 2.14. The predicted molar refractivity (Wildman–Crippen MR) is 136 cm³/mol. The van der Waals surface area contributed by atoms with Crippen LogP contribution in [0.3, 0.4) is 0 Å². The monoisotopic (exact) mass is 554 g/mol. The maximum absolute atomic E-state index is 13.1. The van der Waals surface area contributed by atoms with Crippen molar-refractivity contribution in [2.24, 2.45) is 12.0 Å². The van der Waals surface area contributed by atoms with Crippen molar-refractivity contribution in [3.63, 3.8) is 0 Å². The van der Waals surface area contributed by atoms with Gasteiger partial charge in [0.15, 0.2) is 5.96 Å². The van der Waals surface area contributed by atoms with Crippen LogP contribution in [0.5, 0.6) is 0 Å². The van der Waals surface area contributed by atoms with Gasteiger partial charge in [0.2, 0.25) is 5.89 Å². The molecule has 2 aromatic heterocycles. The lowest BCUT2D eigenvalue weighted by atomic mass is 10.1. The van der Waals surface area contributed by atoms with Gasteiger partial charge in [0, 0.05) is 43.9 Å². The molecule has 0 fully saturated rings. The summed E-state index contributed by atoms with van der Waals surface area (Å²) < 4.78 is 20.5. The number of guanidine groups is 1. The summed E-state index contributed by atoms with van der Waals surface area (Å²) in [6.45, 7) is 9.69. The maximum atomic E-state index is 13.1. The van der Waals surface area contributed by atoms with Gasteiger partial charge in [-0.1, -0.05) is 0 Å². The number of rotatable bonds is 8. The first-order chi connectivity index (χ1) is 14.9. The third-order valence-electron chi connectivity index (χ3n) is 5.18. The molecule has 0 saturated carbocycles. The number of halogens is 2. The lowest BCUT2D eigenvalue weighted by Crippen LogP contribution is -2.43. The van der Waals surface area contributed by atoms with Gasteiger partial charge in [-0.2, -0.15) is 5.10 Å². The summed E-state index contributed by atoms with van der Waals surface area (Å²) in [4.78, 5) is 9.16. The predicted octanol–water partition coefficient (Wildman–Crippen LogP) is 4.18. The van der Waals surface area contributed by atoms with Crippen molar-refractivity contribution in [2.45, 2.75) is 46.6 Å². The smallest absolute Gasteiger partial charge is 0.226 e. The highest BCUT2D eigenvalue weighted by molar-refractivity contribution is 14.0. The van der Waals surface area contributed by atoms with E-state index in [0.717, 1.165) is 35.9 Å². The Balaban J connectivity index is 0.00000363. The van der Waals surface area contributed by atoms with Crippen molar-refractivity contribution in [1.29, 1.82) is 0 Å². The summed E-state index contributed by atoms with van der Waals surface area (Å²) in [6, 6.07) is 6.31. The van der Waals surface area contributed by atoms with Crippen LogP contribution in [0, 0.1) is 19.7 Å². The van der Waals surface area contributed by atoms with Crippen LogP contribution in [0.2, 0.25) is 0 Å². The number of hydrogen-bond acceptors (Lipinski definition) is 4. The molecule has 9 heteroatoms. The van der Waals surface area contributed by atoms with E-state index < -0.39 is 0 Å². The fourth-order valence-corrected chi connectivity index (χ4v) is 3.45. The van der Waals surface area contributed by atoms with E-state index in [0.29, 0.717) is 18.9 Å². The fraction of sp³-hybridized carbons (Fsp3) is 0.435. The summed E-state index contributed by atoms with van der Waals surface area (Å²) >= 11 is 0. The SMILES string of the molecule is CCNC(=NCCc1coc(-c2ccc(F)cc2)n1)NC(C)Cc1c(C)nn(C)c1C.I. The minimum Gasteiger partial charge on any atom is -0.444 e. The Labute approximate surface area is 205 Å². The average Bonchev–Trinajstić information content (AvgIpc) is 3.29. The molecule has 1 unspecified atom stereocenters. The van der Waals surface area contributed by atoms with Crippen molar-refractivity contribution in [1.82, 2.24) is 25.4 Å². The molecule has 32 heavy (non-hydrogen) atoms. The van der Waals surface area contributed by atoms with Gasteiger partial charge in [-0.3, -0.25) is 9.67 Å². The van der Waals surface area contributed by atoms with E-state index in [4.69, 9.17) is 4.42 Å². The molecule has 7 nitrogen and oxygen atoms in total. The first kappa shape index (κ1) is 25.8. The van der Waals surface area contributed by atoms with E-state index in [-0.39, 0.29) is 35.8 Å². The number of aliphatic imine (C=N–C) groups is 1. The minimum absolute atomic E-state index is 0. The molecular weight excluding hydrogens is 522 g/mol. The molecule has 3 rings (SSSR count). The van der Waals surface area contributed by atoms with Crippen LogP contribution in [0.1, 0.15) is 36.5 Å². The van der Waals surface area contributed by atoms with Crippen molar-refractivity contribution < 1.29 is 8.81 Å². The molecule has 2 N–H and O–H groups in total. The average molecular weight is 554 g/mol. The second-order valence-electron chi connectivity index (χ2n) is 7.68. The highest BCUT2D eigenvalue weighted by Crippen LogP contribution is 2.19. The summed E-state index contributed by atoms with van der Waals surface area (Å²) in [5, 5.41) is 11.3. The quantitative estimate of drug-likeness (QED) is 0.248. The van der Waals surface area contributed by atoms with Gasteiger partial charge in [0.1, 0.15) is 12.1 Å². The Kier molecular flexibility index (Phi) is 9.67. The Morgan fingerprint density at radius 1 is 1.25 bits per heavy atom. The van der Waals surface area contributed by atoms with Gasteiger partial charge in [-0.25, -0.2) is 9.37 Å². The number of nitrogens with one attached hydrogen (secondary N) is 2. The second kappa shape index (κ2) is 12.0. The van der Waals surface area contributed by atoms with E-state index in [9.17, 15) is 4.39 Å². The lowest BCUT2D eigenvalue weighted by Gasteiger charge is -2.18. The van der Waals surface area contributed by atoms with Crippen LogP contribution in [0.4, 0.5) is 4.39 Å². The second-order valence-corrected chi connectivity index (χ2v) is 7.68. The molecule has 0 amide bonds. The number of oxazole rings is 1. The molecule has 3 aromatic rings. The van der Waals surface area contributed by atoms with E-state index in [1.165, 1.54) is 23.4 Å². The summed E-state index contributed by atoms with van der Waals surface area (Å²) in [7, 11) is 1.97. The molecule has 2 heterocycles. The van der Waals surface area contributed by atoms with Crippen molar-refractivity contribution in [3.05, 3.63) is 59.0 Å². The van der Waals surface area contributed by atoms with Gasteiger partial charge in [-0.15, -0.1) is 24.0 Å². The Hall–Kier alpha value is -2.43. The molecule has 1 atom stereocenters. The molecule has 0 aliphatic carbocycles. The number of hydrogen-bond donors (Lipinski definition) is 2. The topological polar surface area (TPSA) is 80.3 Å². The molecular formula is C23H32FIN6O. The molecule has 1 aromatic carbocycles. The van der Waals surface area contributed by atoms with E-state index >= 15 is 0 Å². The molecule has 0 radical (unpaired) electrons. The first-order valence-electron chi connectivity index (χ1n) is 10.6. The number of benzene rings is 1. The molecule has 0 aliphatic heterocycles.